The van der Waals surface area contributed by atoms with Gasteiger partial charge in [-0.1, -0.05) is 6.92 Å². The lowest BCUT2D eigenvalue weighted by Crippen LogP contribution is -2.47. The number of carbonyl (C=O) groups excluding carboxylic acids is 3. The van der Waals surface area contributed by atoms with E-state index in [1.165, 1.54) is 18.4 Å². The van der Waals surface area contributed by atoms with E-state index in [0.29, 0.717) is 30.5 Å². The number of ether oxygens (including phenoxy) is 2. The SMILES string of the molecule is CCOC(=O)C1=C(COC(=O)c2ccc(N3CCC(C)CC3)c([N+](=O)[O-])c2)NC(=O)NC1c1ccco1. The number of anilines is 1. The predicted molar refractivity (Wildman–Crippen MR) is 131 cm³/mol. The van der Waals surface area contributed by atoms with Crippen LogP contribution >= 0.6 is 0 Å². The largest absolute Gasteiger partial charge is 0.467 e. The standard InChI is InChI=1S/C25H28N4O8/c1-3-35-24(31)21-17(26-25(32)27-22(21)20-5-4-12-36-20)14-37-23(30)16-6-7-18(19(13-16)29(33)34)28-10-8-15(2)9-11-28/h4-7,12-13,15,22H,3,8-11,14H2,1-2H3,(H2,26,27,32). The number of nitro benzene ring substituents is 1. The number of hydrogen-bond acceptors (Lipinski definition) is 9. The summed E-state index contributed by atoms with van der Waals surface area (Å²) in [5, 5.41) is 16.9. The summed E-state index contributed by atoms with van der Waals surface area (Å²) < 4.78 is 15.9. The first-order chi connectivity index (χ1) is 17.8. The molecule has 1 saturated heterocycles. The molecule has 4 rings (SSSR count). The number of nitrogens with zero attached hydrogens (tertiary/aromatic N) is 2. The Morgan fingerprint density at radius 2 is 1.95 bits per heavy atom. The zero-order valence-corrected chi connectivity index (χ0v) is 20.5. The lowest BCUT2D eigenvalue weighted by atomic mass is 9.98. The van der Waals surface area contributed by atoms with E-state index in [-0.39, 0.29) is 29.1 Å². The van der Waals surface area contributed by atoms with Crippen LogP contribution in [0.25, 0.3) is 0 Å². The average Bonchev–Trinajstić information content (AvgIpc) is 3.42. The Kier molecular flexibility index (Phi) is 7.75. The Hall–Kier alpha value is -4.35. The molecule has 3 heterocycles. The number of benzene rings is 1. The molecule has 12 nitrogen and oxygen atoms in total. The molecule has 0 radical (unpaired) electrons. The maximum absolute atomic E-state index is 12.8. The van der Waals surface area contributed by atoms with Gasteiger partial charge in [0.2, 0.25) is 0 Å². The quantitative estimate of drug-likeness (QED) is 0.307. The molecule has 1 atom stereocenters. The van der Waals surface area contributed by atoms with Crippen molar-refractivity contribution in [2.75, 3.05) is 31.2 Å². The highest BCUT2D eigenvalue weighted by Gasteiger charge is 2.36. The molecule has 2 amide bonds. The monoisotopic (exact) mass is 512 g/mol. The van der Waals surface area contributed by atoms with E-state index >= 15 is 0 Å². The molecule has 12 heteroatoms. The number of nitrogens with one attached hydrogen (secondary N) is 2. The van der Waals surface area contributed by atoms with E-state index < -0.39 is 35.5 Å². The molecule has 2 aliphatic rings. The number of amides is 2. The third kappa shape index (κ3) is 5.74. The second-order valence-corrected chi connectivity index (χ2v) is 8.87. The van der Waals surface area contributed by atoms with Gasteiger partial charge in [0.25, 0.3) is 5.69 Å². The molecule has 1 fully saturated rings. The number of urea groups is 1. The van der Waals surface area contributed by atoms with Gasteiger partial charge in [-0.25, -0.2) is 14.4 Å². The van der Waals surface area contributed by atoms with Crippen molar-refractivity contribution in [1.29, 1.82) is 0 Å². The van der Waals surface area contributed by atoms with Gasteiger partial charge in [0, 0.05) is 19.2 Å². The molecule has 2 aliphatic heterocycles. The van der Waals surface area contributed by atoms with E-state index in [1.54, 1.807) is 25.1 Å². The van der Waals surface area contributed by atoms with E-state index in [2.05, 4.69) is 17.6 Å². The fourth-order valence-electron chi connectivity index (χ4n) is 4.39. The molecule has 0 aliphatic carbocycles. The fourth-order valence-corrected chi connectivity index (χ4v) is 4.39. The van der Waals surface area contributed by atoms with Crippen molar-refractivity contribution in [2.24, 2.45) is 5.92 Å². The Morgan fingerprint density at radius 3 is 2.59 bits per heavy atom. The summed E-state index contributed by atoms with van der Waals surface area (Å²) in [5.74, 6) is -0.723. The van der Waals surface area contributed by atoms with Crippen LogP contribution in [0.1, 0.15) is 48.8 Å². The van der Waals surface area contributed by atoms with Crippen molar-refractivity contribution < 1.29 is 33.2 Å². The number of rotatable bonds is 8. The third-order valence-corrected chi connectivity index (χ3v) is 6.36. The van der Waals surface area contributed by atoms with E-state index in [9.17, 15) is 24.5 Å². The molecule has 2 N–H and O–H groups in total. The van der Waals surface area contributed by atoms with Gasteiger partial charge in [0.15, 0.2) is 0 Å². The van der Waals surface area contributed by atoms with E-state index in [4.69, 9.17) is 13.9 Å². The van der Waals surface area contributed by atoms with Gasteiger partial charge in [0.1, 0.15) is 24.1 Å². The molecule has 2 aromatic rings. The third-order valence-electron chi connectivity index (χ3n) is 6.36. The van der Waals surface area contributed by atoms with Crippen LogP contribution in [0.3, 0.4) is 0 Å². The number of carbonyl (C=O) groups is 3. The maximum Gasteiger partial charge on any atom is 0.338 e. The molecule has 196 valence electrons. The van der Waals surface area contributed by atoms with Gasteiger partial charge >= 0.3 is 18.0 Å². The minimum absolute atomic E-state index is 0.0184. The van der Waals surface area contributed by atoms with Crippen molar-refractivity contribution in [3.05, 3.63) is 69.3 Å². The van der Waals surface area contributed by atoms with Crippen molar-refractivity contribution >= 4 is 29.3 Å². The summed E-state index contributed by atoms with van der Waals surface area (Å²) in [6.07, 6.45) is 3.25. The first kappa shape index (κ1) is 25.7. The molecule has 1 aromatic heterocycles. The highest BCUT2D eigenvalue weighted by molar-refractivity contribution is 5.95. The lowest BCUT2D eigenvalue weighted by Gasteiger charge is -2.31. The average molecular weight is 513 g/mol. The van der Waals surface area contributed by atoms with Gasteiger partial charge in [-0.2, -0.15) is 0 Å². The van der Waals surface area contributed by atoms with E-state index in [1.807, 2.05) is 4.90 Å². The molecular weight excluding hydrogens is 484 g/mol. The van der Waals surface area contributed by atoms with Crippen LogP contribution in [0.15, 0.2) is 52.3 Å². The van der Waals surface area contributed by atoms with Gasteiger partial charge < -0.3 is 29.4 Å². The first-order valence-corrected chi connectivity index (χ1v) is 12.0. The zero-order valence-electron chi connectivity index (χ0n) is 20.5. The zero-order chi connectivity index (χ0) is 26.5. The van der Waals surface area contributed by atoms with Crippen LogP contribution < -0.4 is 15.5 Å². The van der Waals surface area contributed by atoms with Gasteiger partial charge in [0.05, 0.1) is 34.6 Å². The lowest BCUT2D eigenvalue weighted by molar-refractivity contribution is -0.384. The second-order valence-electron chi connectivity index (χ2n) is 8.87. The van der Waals surface area contributed by atoms with Gasteiger partial charge in [-0.3, -0.25) is 10.1 Å². The minimum Gasteiger partial charge on any atom is -0.467 e. The number of piperidine rings is 1. The summed E-state index contributed by atoms with van der Waals surface area (Å²) in [6.45, 7) is 4.78. The maximum atomic E-state index is 12.8. The summed E-state index contributed by atoms with van der Waals surface area (Å²) in [6, 6.07) is 5.81. The number of hydrogen-bond donors (Lipinski definition) is 2. The normalized spacial score (nSPS) is 18.2. The van der Waals surface area contributed by atoms with Crippen LogP contribution in [0.4, 0.5) is 16.2 Å². The van der Waals surface area contributed by atoms with Crippen LogP contribution in [-0.2, 0) is 14.3 Å². The number of nitro groups is 1. The Morgan fingerprint density at radius 1 is 1.19 bits per heavy atom. The first-order valence-electron chi connectivity index (χ1n) is 12.0. The van der Waals surface area contributed by atoms with Crippen molar-refractivity contribution in [1.82, 2.24) is 10.6 Å². The van der Waals surface area contributed by atoms with Crippen molar-refractivity contribution in [3.8, 4) is 0 Å². The summed E-state index contributed by atoms with van der Waals surface area (Å²) in [5.41, 5.74) is 0.272. The smallest absolute Gasteiger partial charge is 0.338 e. The molecule has 0 saturated carbocycles. The summed E-state index contributed by atoms with van der Waals surface area (Å²) in [7, 11) is 0. The fraction of sp³-hybridized carbons (Fsp3) is 0.400. The number of esters is 2. The predicted octanol–water partition coefficient (Wildman–Crippen LogP) is 3.45. The number of furan rings is 1. The molecular formula is C25H28N4O8. The molecule has 1 aromatic carbocycles. The Labute approximate surface area is 212 Å². The van der Waals surface area contributed by atoms with Gasteiger partial charge in [-0.15, -0.1) is 0 Å². The van der Waals surface area contributed by atoms with Crippen molar-refractivity contribution in [2.45, 2.75) is 32.7 Å². The van der Waals surface area contributed by atoms with Crippen LogP contribution in [0.2, 0.25) is 0 Å². The minimum atomic E-state index is -0.955. The Balaban J connectivity index is 1.57. The highest BCUT2D eigenvalue weighted by Crippen LogP contribution is 2.33. The Bertz CT molecular complexity index is 1220. The topological polar surface area (TPSA) is 153 Å². The molecule has 0 spiro atoms. The molecule has 0 bridgehead atoms. The van der Waals surface area contributed by atoms with Gasteiger partial charge in [-0.05, 0) is 49.9 Å². The second kappa shape index (κ2) is 11.1. The van der Waals surface area contributed by atoms with E-state index in [0.717, 1.165) is 12.8 Å². The van der Waals surface area contributed by atoms with Crippen LogP contribution in [0.5, 0.6) is 0 Å². The van der Waals surface area contributed by atoms with Crippen LogP contribution in [-0.4, -0.2) is 49.2 Å². The van der Waals surface area contributed by atoms with Crippen LogP contribution in [0, 0.1) is 16.0 Å². The highest BCUT2D eigenvalue weighted by atomic mass is 16.6. The summed E-state index contributed by atoms with van der Waals surface area (Å²) in [4.78, 5) is 51.1. The van der Waals surface area contributed by atoms with Crippen molar-refractivity contribution in [3.63, 3.8) is 0 Å². The molecule has 37 heavy (non-hydrogen) atoms. The summed E-state index contributed by atoms with van der Waals surface area (Å²) >= 11 is 0. The molecule has 1 unspecified atom stereocenters.